The minimum absolute atomic E-state index is 0.297. The van der Waals surface area contributed by atoms with E-state index < -0.39 is 0 Å². The summed E-state index contributed by atoms with van der Waals surface area (Å²) in [7, 11) is 0. The van der Waals surface area contributed by atoms with Gasteiger partial charge in [0, 0.05) is 30.9 Å². The van der Waals surface area contributed by atoms with E-state index in [0.717, 1.165) is 37.1 Å². The van der Waals surface area contributed by atoms with Gasteiger partial charge in [0.2, 0.25) is 0 Å². The molecule has 1 aliphatic carbocycles. The van der Waals surface area contributed by atoms with Crippen molar-refractivity contribution >= 4 is 5.78 Å². The molecule has 0 N–H and O–H groups in total. The molecule has 0 aliphatic heterocycles. The Morgan fingerprint density at radius 3 is 2.75 bits per heavy atom. The van der Waals surface area contributed by atoms with Crippen LogP contribution in [0.25, 0.3) is 0 Å². The molecule has 2 aromatic rings. The van der Waals surface area contributed by atoms with Crippen LogP contribution in [0.1, 0.15) is 35.2 Å². The van der Waals surface area contributed by atoms with Crippen molar-refractivity contribution in [2.24, 2.45) is 0 Å². The summed E-state index contributed by atoms with van der Waals surface area (Å²) in [4.78, 5) is 11.8. The normalized spacial score (nSPS) is 14.1. The highest BCUT2D eigenvalue weighted by molar-refractivity contribution is 5.98. The molecule has 0 radical (unpaired) electrons. The summed E-state index contributed by atoms with van der Waals surface area (Å²) in [5.41, 5.74) is 2.14. The van der Waals surface area contributed by atoms with Crippen molar-refractivity contribution in [1.82, 2.24) is 4.57 Å². The van der Waals surface area contributed by atoms with E-state index in [1.54, 1.807) is 0 Å². The van der Waals surface area contributed by atoms with E-state index in [4.69, 9.17) is 4.74 Å². The van der Waals surface area contributed by atoms with Gasteiger partial charge >= 0.3 is 0 Å². The van der Waals surface area contributed by atoms with Crippen LogP contribution < -0.4 is 4.74 Å². The molecule has 1 aromatic heterocycles. The van der Waals surface area contributed by atoms with Crippen LogP contribution in [-0.4, -0.2) is 17.0 Å². The predicted molar refractivity (Wildman–Crippen MR) is 78.3 cm³/mol. The minimum atomic E-state index is 0.297. The van der Waals surface area contributed by atoms with Crippen molar-refractivity contribution in [3.05, 3.63) is 53.9 Å². The van der Waals surface area contributed by atoms with Gasteiger partial charge in [-0.25, -0.2) is 0 Å². The highest BCUT2D eigenvalue weighted by Gasteiger charge is 2.18. The predicted octanol–water partition coefficient (Wildman–Crippen LogP) is 3.48. The zero-order valence-corrected chi connectivity index (χ0v) is 11.5. The van der Waals surface area contributed by atoms with E-state index in [9.17, 15) is 4.79 Å². The Kier molecular flexibility index (Phi) is 3.86. The molecule has 3 nitrogen and oxygen atoms in total. The summed E-state index contributed by atoms with van der Waals surface area (Å²) in [6, 6.07) is 9.86. The maximum Gasteiger partial charge on any atom is 0.164 e. The average molecular weight is 269 g/mol. The van der Waals surface area contributed by atoms with E-state index in [0.29, 0.717) is 18.8 Å². The number of hydrogen-bond acceptors (Lipinski definition) is 2. The first kappa shape index (κ1) is 13.0. The highest BCUT2D eigenvalue weighted by atomic mass is 16.5. The molecule has 0 atom stereocenters. The summed E-state index contributed by atoms with van der Waals surface area (Å²) in [5, 5.41) is 0. The van der Waals surface area contributed by atoms with Gasteiger partial charge in [-0.3, -0.25) is 4.79 Å². The summed E-state index contributed by atoms with van der Waals surface area (Å²) in [6.45, 7) is 1.59. The maximum absolute atomic E-state index is 11.8. The Labute approximate surface area is 119 Å². The number of ketones is 1. The molecule has 0 saturated heterocycles. The molecule has 3 heteroatoms. The van der Waals surface area contributed by atoms with Crippen molar-refractivity contribution in [3.63, 3.8) is 0 Å². The molecule has 0 unspecified atom stereocenters. The number of aryl methyl sites for hydroxylation is 2. The third kappa shape index (κ3) is 2.93. The summed E-state index contributed by atoms with van der Waals surface area (Å²) in [5.74, 6) is 1.21. The number of hydrogen-bond donors (Lipinski definition) is 0. The van der Waals surface area contributed by atoms with Gasteiger partial charge in [-0.05, 0) is 37.0 Å². The minimum Gasteiger partial charge on any atom is -0.494 e. The number of nitrogens with zero attached hydrogens (tertiary/aromatic N) is 1. The van der Waals surface area contributed by atoms with Gasteiger partial charge in [0.05, 0.1) is 6.61 Å². The largest absolute Gasteiger partial charge is 0.494 e. The number of carbonyl (C=O) groups is 1. The van der Waals surface area contributed by atoms with Crippen molar-refractivity contribution in [2.45, 2.75) is 32.2 Å². The van der Waals surface area contributed by atoms with Crippen LogP contribution in [0.2, 0.25) is 0 Å². The lowest BCUT2D eigenvalue weighted by molar-refractivity contribution is 0.0973. The van der Waals surface area contributed by atoms with Crippen molar-refractivity contribution in [1.29, 1.82) is 0 Å². The molecular formula is C17H19NO2. The Morgan fingerprint density at radius 1 is 1.10 bits per heavy atom. The topological polar surface area (TPSA) is 31.2 Å². The standard InChI is InChI=1S/C17H19NO2/c19-17-9-4-6-14-12-18(13-16(14)17)10-5-11-20-15-7-2-1-3-8-15/h1-3,7-8,12-13H,4-6,9-11H2. The summed E-state index contributed by atoms with van der Waals surface area (Å²) < 4.78 is 7.80. The molecule has 104 valence electrons. The van der Waals surface area contributed by atoms with Gasteiger partial charge in [0.25, 0.3) is 0 Å². The number of rotatable bonds is 5. The van der Waals surface area contributed by atoms with E-state index in [2.05, 4.69) is 10.8 Å². The Bertz CT molecular complexity index is 586. The zero-order chi connectivity index (χ0) is 13.8. The number of Topliss-reactive ketones (excluding diaryl/α,β-unsaturated/α-hetero) is 1. The van der Waals surface area contributed by atoms with Crippen LogP contribution in [0.15, 0.2) is 42.7 Å². The Hall–Kier alpha value is -2.03. The number of aromatic nitrogens is 1. The van der Waals surface area contributed by atoms with Gasteiger partial charge in [-0.1, -0.05) is 18.2 Å². The van der Waals surface area contributed by atoms with Crippen LogP contribution in [0.5, 0.6) is 5.75 Å². The van der Waals surface area contributed by atoms with Gasteiger partial charge in [0.15, 0.2) is 5.78 Å². The lowest BCUT2D eigenvalue weighted by Crippen LogP contribution is -2.07. The molecule has 0 amide bonds. The Balaban J connectivity index is 1.51. The van der Waals surface area contributed by atoms with E-state index >= 15 is 0 Å². The van der Waals surface area contributed by atoms with Gasteiger partial charge < -0.3 is 9.30 Å². The first-order chi connectivity index (χ1) is 9.83. The fourth-order valence-corrected chi connectivity index (χ4v) is 2.66. The van der Waals surface area contributed by atoms with Gasteiger partial charge in [0.1, 0.15) is 5.75 Å². The van der Waals surface area contributed by atoms with E-state index in [1.807, 2.05) is 36.5 Å². The van der Waals surface area contributed by atoms with Crippen LogP contribution in [0, 0.1) is 0 Å². The smallest absolute Gasteiger partial charge is 0.164 e. The molecular weight excluding hydrogens is 250 g/mol. The SMILES string of the molecule is O=C1CCCc2cn(CCCOc3ccccc3)cc21. The van der Waals surface area contributed by atoms with Crippen molar-refractivity contribution in [3.8, 4) is 5.75 Å². The molecule has 0 fully saturated rings. The fraction of sp³-hybridized carbons (Fsp3) is 0.353. The molecule has 1 heterocycles. The number of ether oxygens (including phenoxy) is 1. The average Bonchev–Trinajstić information content (AvgIpc) is 2.89. The molecule has 0 saturated carbocycles. The number of benzene rings is 1. The summed E-state index contributed by atoms with van der Waals surface area (Å²) in [6.07, 6.45) is 7.79. The third-order valence-electron chi connectivity index (χ3n) is 3.69. The molecule has 0 spiro atoms. The zero-order valence-electron chi connectivity index (χ0n) is 11.5. The lowest BCUT2D eigenvalue weighted by atomic mass is 9.95. The fourth-order valence-electron chi connectivity index (χ4n) is 2.66. The third-order valence-corrected chi connectivity index (χ3v) is 3.69. The van der Waals surface area contributed by atoms with Crippen LogP contribution >= 0.6 is 0 Å². The molecule has 1 aromatic carbocycles. The highest BCUT2D eigenvalue weighted by Crippen LogP contribution is 2.22. The van der Waals surface area contributed by atoms with Crippen molar-refractivity contribution in [2.75, 3.05) is 6.61 Å². The second-order valence-electron chi connectivity index (χ2n) is 5.23. The first-order valence-electron chi connectivity index (χ1n) is 7.22. The number of fused-ring (bicyclic) bond motifs is 1. The van der Waals surface area contributed by atoms with Crippen molar-refractivity contribution < 1.29 is 9.53 Å². The van der Waals surface area contributed by atoms with Crippen LogP contribution in [-0.2, 0) is 13.0 Å². The van der Waals surface area contributed by atoms with Gasteiger partial charge in [-0.15, -0.1) is 0 Å². The molecule has 20 heavy (non-hydrogen) atoms. The molecule has 1 aliphatic rings. The number of carbonyl (C=O) groups excluding carboxylic acids is 1. The number of para-hydroxylation sites is 1. The lowest BCUT2D eigenvalue weighted by Gasteiger charge is -2.07. The monoisotopic (exact) mass is 269 g/mol. The molecule has 0 bridgehead atoms. The van der Waals surface area contributed by atoms with Crippen LogP contribution in [0.4, 0.5) is 0 Å². The van der Waals surface area contributed by atoms with Gasteiger partial charge in [-0.2, -0.15) is 0 Å². The molecule has 3 rings (SSSR count). The maximum atomic E-state index is 11.8. The van der Waals surface area contributed by atoms with E-state index in [1.165, 1.54) is 5.56 Å². The van der Waals surface area contributed by atoms with Crippen LogP contribution in [0.3, 0.4) is 0 Å². The quantitative estimate of drug-likeness (QED) is 0.778. The summed E-state index contributed by atoms with van der Waals surface area (Å²) >= 11 is 0. The second-order valence-corrected chi connectivity index (χ2v) is 5.23. The Morgan fingerprint density at radius 2 is 1.95 bits per heavy atom. The first-order valence-corrected chi connectivity index (χ1v) is 7.22. The second kappa shape index (κ2) is 5.95. The van der Waals surface area contributed by atoms with E-state index in [-0.39, 0.29) is 0 Å².